The van der Waals surface area contributed by atoms with E-state index in [2.05, 4.69) is 25.8 Å². The van der Waals surface area contributed by atoms with Gasteiger partial charge in [0, 0.05) is 6.42 Å². The van der Waals surface area contributed by atoms with Gasteiger partial charge in [0.25, 0.3) is 0 Å². The summed E-state index contributed by atoms with van der Waals surface area (Å²) in [6.07, 6.45) is 0.782. The molecule has 1 aromatic heterocycles. The van der Waals surface area contributed by atoms with Crippen molar-refractivity contribution in [1.82, 2.24) is 9.55 Å². The Balaban J connectivity index is 2.70. The Bertz CT molecular complexity index is 656. The van der Waals surface area contributed by atoms with Crippen LogP contribution in [0.25, 0.3) is 11.0 Å². The highest BCUT2D eigenvalue weighted by atomic mass is 16.4. The first-order chi connectivity index (χ1) is 9.31. The molecule has 0 aliphatic rings. The van der Waals surface area contributed by atoms with Gasteiger partial charge in [0.2, 0.25) is 0 Å². The molecular weight excluding hydrogens is 252 g/mol. The average molecular weight is 274 g/mol. The van der Waals surface area contributed by atoms with Gasteiger partial charge in [-0.15, -0.1) is 0 Å². The van der Waals surface area contributed by atoms with Crippen LogP contribution in [-0.2, 0) is 11.2 Å². The smallest absolute Gasteiger partial charge is 0.326 e. The molecule has 1 N–H and O–H groups in total. The van der Waals surface area contributed by atoms with Crippen molar-refractivity contribution in [2.75, 3.05) is 0 Å². The number of aromatic nitrogens is 2. The maximum Gasteiger partial charge on any atom is 0.326 e. The quantitative estimate of drug-likeness (QED) is 0.928. The van der Waals surface area contributed by atoms with Crippen LogP contribution in [0.15, 0.2) is 12.1 Å². The number of carbonyl (C=O) groups is 1. The van der Waals surface area contributed by atoms with Crippen LogP contribution in [0.1, 0.15) is 43.8 Å². The second-order valence-electron chi connectivity index (χ2n) is 5.94. The number of carboxylic acids is 1. The van der Waals surface area contributed by atoms with Gasteiger partial charge in [0.15, 0.2) is 0 Å². The fourth-order valence-corrected chi connectivity index (χ4v) is 2.45. The number of aliphatic carboxylic acids is 1. The average Bonchev–Trinajstić information content (AvgIpc) is 2.65. The molecule has 0 aliphatic carbocycles. The van der Waals surface area contributed by atoms with Crippen molar-refractivity contribution in [2.24, 2.45) is 5.92 Å². The van der Waals surface area contributed by atoms with Crippen LogP contribution in [-0.4, -0.2) is 20.6 Å². The number of rotatable bonds is 4. The van der Waals surface area contributed by atoms with Gasteiger partial charge in [-0.05, 0) is 49.9 Å². The van der Waals surface area contributed by atoms with Gasteiger partial charge < -0.3 is 9.67 Å². The van der Waals surface area contributed by atoms with Crippen molar-refractivity contribution in [3.8, 4) is 0 Å². The molecule has 0 aliphatic heterocycles. The number of fused-ring (bicyclic) bond motifs is 1. The fourth-order valence-electron chi connectivity index (χ4n) is 2.45. The summed E-state index contributed by atoms with van der Waals surface area (Å²) in [5, 5.41) is 9.35. The molecule has 1 heterocycles. The molecule has 0 spiro atoms. The van der Waals surface area contributed by atoms with Crippen molar-refractivity contribution in [2.45, 2.75) is 47.1 Å². The second-order valence-corrected chi connectivity index (χ2v) is 5.94. The third kappa shape index (κ3) is 2.55. The summed E-state index contributed by atoms with van der Waals surface area (Å²) < 4.78 is 1.87. The highest BCUT2D eigenvalue weighted by Crippen LogP contribution is 2.26. The highest BCUT2D eigenvalue weighted by Gasteiger charge is 2.21. The molecular formula is C16H22N2O2. The number of benzene rings is 1. The third-order valence-electron chi connectivity index (χ3n) is 3.71. The molecule has 2 rings (SSSR count). The van der Waals surface area contributed by atoms with Gasteiger partial charge in [0.1, 0.15) is 11.9 Å². The predicted octanol–water partition coefficient (Wildman–Crippen LogP) is 3.50. The minimum Gasteiger partial charge on any atom is -0.480 e. The minimum atomic E-state index is -0.826. The monoisotopic (exact) mass is 274 g/mol. The van der Waals surface area contributed by atoms with Crippen LogP contribution in [0.2, 0.25) is 0 Å². The molecule has 1 unspecified atom stereocenters. The van der Waals surface area contributed by atoms with E-state index in [1.165, 1.54) is 5.56 Å². The molecule has 4 heteroatoms. The van der Waals surface area contributed by atoms with E-state index in [0.29, 0.717) is 5.92 Å². The van der Waals surface area contributed by atoms with E-state index >= 15 is 0 Å². The van der Waals surface area contributed by atoms with E-state index in [9.17, 15) is 9.90 Å². The summed E-state index contributed by atoms with van der Waals surface area (Å²) in [6.45, 7) is 10.0. The number of carboxylic acid groups (broad SMARTS) is 1. The van der Waals surface area contributed by atoms with E-state index in [-0.39, 0.29) is 0 Å². The Morgan fingerprint density at radius 2 is 1.85 bits per heavy atom. The topological polar surface area (TPSA) is 55.1 Å². The van der Waals surface area contributed by atoms with Gasteiger partial charge in [0.05, 0.1) is 11.0 Å². The first kappa shape index (κ1) is 14.6. The Morgan fingerprint density at radius 1 is 1.25 bits per heavy atom. The van der Waals surface area contributed by atoms with Gasteiger partial charge in [-0.1, -0.05) is 13.8 Å². The van der Waals surface area contributed by atoms with Gasteiger partial charge >= 0.3 is 5.97 Å². The molecule has 0 saturated carbocycles. The van der Waals surface area contributed by atoms with Crippen molar-refractivity contribution >= 4 is 17.0 Å². The second kappa shape index (κ2) is 5.27. The normalized spacial score (nSPS) is 13.1. The molecule has 1 aromatic carbocycles. The maximum absolute atomic E-state index is 11.4. The van der Waals surface area contributed by atoms with Crippen LogP contribution >= 0.6 is 0 Å². The number of imidazole rings is 1. The molecule has 0 fully saturated rings. The van der Waals surface area contributed by atoms with Gasteiger partial charge in [-0.2, -0.15) is 0 Å². The zero-order valence-electron chi connectivity index (χ0n) is 12.8. The molecule has 0 bridgehead atoms. The summed E-state index contributed by atoms with van der Waals surface area (Å²) in [7, 11) is 0. The van der Waals surface area contributed by atoms with E-state index in [1.807, 2.05) is 23.6 Å². The van der Waals surface area contributed by atoms with Gasteiger partial charge in [-0.25, -0.2) is 9.78 Å². The summed E-state index contributed by atoms with van der Waals surface area (Å²) >= 11 is 0. The van der Waals surface area contributed by atoms with Crippen LogP contribution in [0.3, 0.4) is 0 Å². The van der Waals surface area contributed by atoms with Crippen LogP contribution in [0.4, 0.5) is 0 Å². The van der Waals surface area contributed by atoms with E-state index in [4.69, 9.17) is 0 Å². The Morgan fingerprint density at radius 3 is 2.40 bits per heavy atom. The van der Waals surface area contributed by atoms with Crippen LogP contribution < -0.4 is 0 Å². The summed E-state index contributed by atoms with van der Waals surface area (Å²) in [5.41, 5.74) is 4.14. The zero-order chi connectivity index (χ0) is 15.0. The summed E-state index contributed by atoms with van der Waals surface area (Å²) in [4.78, 5) is 16.0. The summed E-state index contributed by atoms with van der Waals surface area (Å²) in [5.74, 6) is 0.469. The fraction of sp³-hybridized carbons (Fsp3) is 0.500. The first-order valence-electron chi connectivity index (χ1n) is 7.02. The molecule has 108 valence electrons. The molecule has 0 amide bonds. The van der Waals surface area contributed by atoms with Crippen molar-refractivity contribution in [1.29, 1.82) is 0 Å². The molecule has 0 radical (unpaired) electrons. The molecule has 4 nitrogen and oxygen atoms in total. The van der Waals surface area contributed by atoms with Crippen molar-refractivity contribution in [3.63, 3.8) is 0 Å². The summed E-state index contributed by atoms with van der Waals surface area (Å²) in [6, 6.07) is 3.48. The minimum absolute atomic E-state index is 0.439. The maximum atomic E-state index is 11.4. The zero-order valence-corrected chi connectivity index (χ0v) is 12.8. The Labute approximate surface area is 119 Å². The molecule has 1 atom stereocenters. The highest BCUT2D eigenvalue weighted by molar-refractivity contribution is 5.81. The number of hydrogen-bond donors (Lipinski definition) is 1. The molecule has 20 heavy (non-hydrogen) atoms. The SMILES string of the molecule is Cc1cc2nc(CC(C)C)n(C(C)C(=O)O)c2cc1C. The number of nitrogens with zero attached hydrogens (tertiary/aromatic N) is 2. The lowest BCUT2D eigenvalue weighted by atomic mass is 10.1. The van der Waals surface area contributed by atoms with Crippen LogP contribution in [0, 0.1) is 19.8 Å². The van der Waals surface area contributed by atoms with E-state index < -0.39 is 12.0 Å². The standard InChI is InChI=1S/C16H22N2O2/c1-9(2)6-15-17-13-7-10(3)11(4)8-14(13)18(15)12(5)16(19)20/h7-9,12H,6H2,1-5H3,(H,19,20). The van der Waals surface area contributed by atoms with Crippen molar-refractivity contribution < 1.29 is 9.90 Å². The Kier molecular flexibility index (Phi) is 3.84. The number of aryl methyl sites for hydroxylation is 2. The Hall–Kier alpha value is -1.84. The lowest BCUT2D eigenvalue weighted by molar-refractivity contribution is -0.140. The van der Waals surface area contributed by atoms with E-state index in [0.717, 1.165) is 28.8 Å². The van der Waals surface area contributed by atoms with Gasteiger partial charge in [-0.3, -0.25) is 0 Å². The van der Waals surface area contributed by atoms with Crippen LogP contribution in [0.5, 0.6) is 0 Å². The van der Waals surface area contributed by atoms with E-state index in [1.54, 1.807) is 6.92 Å². The molecule has 0 saturated heterocycles. The predicted molar refractivity (Wildman–Crippen MR) is 80.1 cm³/mol. The third-order valence-corrected chi connectivity index (χ3v) is 3.71. The lowest BCUT2D eigenvalue weighted by Gasteiger charge is -2.15. The largest absolute Gasteiger partial charge is 0.480 e. The van der Waals surface area contributed by atoms with Crippen molar-refractivity contribution in [3.05, 3.63) is 29.1 Å². The molecule has 2 aromatic rings. The first-order valence-corrected chi connectivity index (χ1v) is 7.02. The lowest BCUT2D eigenvalue weighted by Crippen LogP contribution is -2.18. The number of hydrogen-bond acceptors (Lipinski definition) is 2.